The second kappa shape index (κ2) is 8.55. The second-order valence-corrected chi connectivity index (χ2v) is 4.60. The van der Waals surface area contributed by atoms with Gasteiger partial charge in [0.1, 0.15) is 0 Å². The van der Waals surface area contributed by atoms with E-state index in [1.54, 1.807) is 18.2 Å². The second-order valence-electron chi connectivity index (χ2n) is 3.70. The third kappa shape index (κ3) is 8.50. The predicted octanol–water partition coefficient (Wildman–Crippen LogP) is -1.01. The van der Waals surface area contributed by atoms with Gasteiger partial charge in [-0.3, -0.25) is 9.11 Å². The van der Waals surface area contributed by atoms with Crippen molar-refractivity contribution in [3.05, 3.63) is 18.2 Å². The average molecular weight is 309 g/mol. The first kappa shape index (κ1) is 18.4. The zero-order valence-corrected chi connectivity index (χ0v) is 11.5. The predicted molar refractivity (Wildman–Crippen MR) is 75.8 cm³/mol. The van der Waals surface area contributed by atoms with Crippen LogP contribution in [0.1, 0.15) is 0 Å². The number of nitrogens with two attached hydrogens (primary N) is 2. The molecule has 0 unspecified atom stereocenters. The molecule has 0 saturated carbocycles. The molecule has 0 spiro atoms. The highest BCUT2D eigenvalue weighted by Gasteiger charge is 2.08. The molecule has 1 aromatic carbocycles. The Balaban J connectivity index is 0.000000621. The summed E-state index contributed by atoms with van der Waals surface area (Å²) in [4.78, 5) is 1.81. The third-order valence-corrected chi connectivity index (χ3v) is 2.13. The fourth-order valence-electron chi connectivity index (χ4n) is 1.46. The highest BCUT2D eigenvalue weighted by Crippen LogP contribution is 2.24. The van der Waals surface area contributed by atoms with Crippen LogP contribution in [0.15, 0.2) is 18.2 Å². The van der Waals surface area contributed by atoms with E-state index in [9.17, 15) is 0 Å². The van der Waals surface area contributed by atoms with Crippen LogP contribution in [-0.2, 0) is 10.4 Å². The summed E-state index contributed by atoms with van der Waals surface area (Å²) < 4.78 is 31.6. The Morgan fingerprint density at radius 1 is 1.05 bits per heavy atom. The van der Waals surface area contributed by atoms with Crippen LogP contribution in [0.2, 0.25) is 0 Å². The van der Waals surface area contributed by atoms with Crippen molar-refractivity contribution in [2.24, 2.45) is 0 Å². The number of benzene rings is 1. The van der Waals surface area contributed by atoms with E-state index in [4.69, 9.17) is 39.2 Å². The molecule has 0 bridgehead atoms. The lowest BCUT2D eigenvalue weighted by Crippen LogP contribution is -2.30. The van der Waals surface area contributed by atoms with Gasteiger partial charge in [0.25, 0.3) is 0 Å². The van der Waals surface area contributed by atoms with Gasteiger partial charge in [0, 0.05) is 18.8 Å². The molecule has 0 amide bonds. The maximum absolute atomic E-state index is 8.88. The molecule has 0 aliphatic rings. The van der Waals surface area contributed by atoms with E-state index in [1.807, 2.05) is 4.90 Å². The number of nitrogens with zero attached hydrogens (tertiary/aromatic N) is 1. The Bertz CT molecular complexity index is 494. The van der Waals surface area contributed by atoms with E-state index in [1.165, 1.54) is 0 Å². The van der Waals surface area contributed by atoms with E-state index >= 15 is 0 Å². The smallest absolute Gasteiger partial charge is 0.394 e. The topological polar surface area (TPSA) is 170 Å². The number of aliphatic hydroxyl groups excluding tert-OH is 2. The maximum Gasteiger partial charge on any atom is 0.394 e. The van der Waals surface area contributed by atoms with Gasteiger partial charge in [-0.25, -0.2) is 0 Å². The van der Waals surface area contributed by atoms with Gasteiger partial charge in [-0.2, -0.15) is 8.42 Å². The zero-order chi connectivity index (χ0) is 15.8. The summed E-state index contributed by atoms with van der Waals surface area (Å²) >= 11 is 0. The van der Waals surface area contributed by atoms with Crippen molar-refractivity contribution < 1.29 is 27.7 Å². The van der Waals surface area contributed by atoms with Crippen molar-refractivity contribution in [3.8, 4) is 0 Å². The quantitative estimate of drug-likeness (QED) is 0.294. The highest BCUT2D eigenvalue weighted by molar-refractivity contribution is 7.79. The van der Waals surface area contributed by atoms with E-state index in [0.29, 0.717) is 24.5 Å². The van der Waals surface area contributed by atoms with E-state index < -0.39 is 10.4 Å². The van der Waals surface area contributed by atoms with E-state index in [2.05, 4.69) is 0 Å². The molecule has 1 aromatic rings. The standard InChI is InChI=1S/C10H17N3O2.H2O4S/c11-8-1-2-10(9(12)7-8)13(3-5-14)4-6-15;1-5(2,3)4/h1-2,7,14-15H,3-6,11-12H2;(H2,1,2,3,4). The Kier molecular flexibility index (Phi) is 7.87. The van der Waals surface area contributed by atoms with Crippen LogP contribution in [0.4, 0.5) is 17.1 Å². The number of anilines is 3. The Morgan fingerprint density at radius 2 is 1.50 bits per heavy atom. The maximum atomic E-state index is 8.88. The van der Waals surface area contributed by atoms with Gasteiger partial charge in [0.05, 0.1) is 24.6 Å². The van der Waals surface area contributed by atoms with Gasteiger partial charge in [0.2, 0.25) is 0 Å². The van der Waals surface area contributed by atoms with Crippen molar-refractivity contribution >= 4 is 27.5 Å². The van der Waals surface area contributed by atoms with Gasteiger partial charge in [-0.15, -0.1) is 0 Å². The number of aliphatic hydroxyl groups is 2. The minimum absolute atomic E-state index is 0.0177. The Morgan fingerprint density at radius 3 is 1.85 bits per heavy atom. The minimum Gasteiger partial charge on any atom is -0.399 e. The zero-order valence-electron chi connectivity index (χ0n) is 10.7. The Labute approximate surface area is 117 Å². The molecule has 10 heteroatoms. The van der Waals surface area contributed by atoms with Gasteiger partial charge in [-0.05, 0) is 18.2 Å². The molecule has 0 aliphatic carbocycles. The lowest BCUT2D eigenvalue weighted by atomic mass is 10.2. The van der Waals surface area contributed by atoms with Gasteiger partial charge in [-0.1, -0.05) is 0 Å². The molecule has 0 radical (unpaired) electrons. The summed E-state index contributed by atoms with van der Waals surface area (Å²) in [5.41, 5.74) is 13.3. The molecule has 0 heterocycles. The number of hydrogen-bond donors (Lipinski definition) is 6. The molecule has 0 atom stereocenters. The van der Waals surface area contributed by atoms with Crippen LogP contribution < -0.4 is 16.4 Å². The summed E-state index contributed by atoms with van der Waals surface area (Å²) in [6.45, 7) is 0.914. The lowest BCUT2D eigenvalue weighted by Gasteiger charge is -2.24. The average Bonchev–Trinajstić information content (AvgIpc) is 2.26. The molecule has 0 aromatic heterocycles. The minimum atomic E-state index is -4.67. The van der Waals surface area contributed by atoms with Crippen LogP contribution in [0.3, 0.4) is 0 Å². The molecular formula is C10H19N3O6S. The van der Waals surface area contributed by atoms with Crippen LogP contribution in [0, 0.1) is 0 Å². The van der Waals surface area contributed by atoms with Gasteiger partial charge in [0.15, 0.2) is 0 Å². The first-order valence-corrected chi connectivity index (χ1v) is 6.90. The highest BCUT2D eigenvalue weighted by atomic mass is 32.3. The fourth-order valence-corrected chi connectivity index (χ4v) is 1.46. The Hall–Kier alpha value is -1.59. The van der Waals surface area contributed by atoms with Crippen molar-refractivity contribution in [1.29, 1.82) is 0 Å². The molecule has 0 fully saturated rings. The summed E-state index contributed by atoms with van der Waals surface area (Å²) in [7, 11) is -4.67. The molecule has 1 rings (SSSR count). The third-order valence-electron chi connectivity index (χ3n) is 2.13. The van der Waals surface area contributed by atoms with Crippen molar-refractivity contribution in [2.75, 3.05) is 42.7 Å². The van der Waals surface area contributed by atoms with Crippen molar-refractivity contribution in [2.45, 2.75) is 0 Å². The first-order chi connectivity index (χ1) is 9.19. The van der Waals surface area contributed by atoms with Gasteiger partial charge >= 0.3 is 10.4 Å². The molecule has 0 saturated heterocycles. The summed E-state index contributed by atoms with van der Waals surface area (Å²) in [5.74, 6) is 0. The lowest BCUT2D eigenvalue weighted by molar-refractivity contribution is 0.281. The number of hydrogen-bond acceptors (Lipinski definition) is 7. The molecule has 8 N–H and O–H groups in total. The van der Waals surface area contributed by atoms with Crippen molar-refractivity contribution in [1.82, 2.24) is 0 Å². The molecule has 0 aliphatic heterocycles. The summed E-state index contributed by atoms with van der Waals surface area (Å²) in [6, 6.07) is 5.19. The van der Waals surface area contributed by atoms with Crippen molar-refractivity contribution in [3.63, 3.8) is 0 Å². The molecule has 9 nitrogen and oxygen atoms in total. The van der Waals surface area contributed by atoms with Crippen LogP contribution in [0.5, 0.6) is 0 Å². The van der Waals surface area contributed by atoms with Crippen LogP contribution in [0.25, 0.3) is 0 Å². The summed E-state index contributed by atoms with van der Waals surface area (Å²) in [6.07, 6.45) is 0. The normalized spacial score (nSPS) is 10.6. The fraction of sp³-hybridized carbons (Fsp3) is 0.400. The monoisotopic (exact) mass is 309 g/mol. The van der Waals surface area contributed by atoms with Gasteiger partial charge < -0.3 is 26.6 Å². The van der Waals surface area contributed by atoms with Crippen LogP contribution >= 0.6 is 0 Å². The largest absolute Gasteiger partial charge is 0.399 e. The van der Waals surface area contributed by atoms with Crippen LogP contribution in [-0.4, -0.2) is 54.0 Å². The summed E-state index contributed by atoms with van der Waals surface area (Å²) in [5, 5.41) is 17.8. The number of rotatable bonds is 5. The first-order valence-electron chi connectivity index (χ1n) is 5.50. The van der Waals surface area contributed by atoms with E-state index in [-0.39, 0.29) is 13.2 Å². The molecule has 20 heavy (non-hydrogen) atoms. The molecular weight excluding hydrogens is 290 g/mol. The number of nitrogen functional groups attached to an aromatic ring is 2. The SMILES string of the molecule is Nc1ccc(N(CCO)CCO)c(N)c1.O=S(=O)(O)O. The molecule has 116 valence electrons. The van der Waals surface area contributed by atoms with E-state index in [0.717, 1.165) is 5.69 Å².